The van der Waals surface area contributed by atoms with E-state index in [-0.39, 0.29) is 0 Å². The molecule has 2 aromatic heterocycles. The first-order valence-electron chi connectivity index (χ1n) is 8.64. The van der Waals surface area contributed by atoms with Crippen molar-refractivity contribution >= 4 is 29.2 Å². The summed E-state index contributed by atoms with van der Waals surface area (Å²) in [6.45, 7) is 2.79. The quantitative estimate of drug-likeness (QED) is 0.468. The molecule has 4 N–H and O–H groups in total. The van der Waals surface area contributed by atoms with Crippen molar-refractivity contribution in [2.45, 2.75) is 6.92 Å². The highest BCUT2D eigenvalue weighted by atomic mass is 19.1. The summed E-state index contributed by atoms with van der Waals surface area (Å²) in [5.41, 5.74) is 1.48. The molecule has 3 rings (SSSR count). The molecule has 9 heteroatoms. The average molecular weight is 381 g/mol. The molecule has 0 unspecified atom stereocenters. The van der Waals surface area contributed by atoms with Crippen LogP contribution in [0.15, 0.2) is 55.0 Å². The van der Waals surface area contributed by atoms with E-state index >= 15 is 0 Å². The molecular formula is C19H20FN7O. The van der Waals surface area contributed by atoms with Crippen LogP contribution in [-0.2, 0) is 0 Å². The SMILES string of the molecule is Cc1ccnc(Nc2cc(NCCNC(=O)Nc3cccc(F)c3)ncn2)c1. The van der Waals surface area contributed by atoms with Crippen LogP contribution in [0.25, 0.3) is 0 Å². The largest absolute Gasteiger partial charge is 0.368 e. The van der Waals surface area contributed by atoms with E-state index in [9.17, 15) is 9.18 Å². The molecule has 0 aliphatic heterocycles. The topological polar surface area (TPSA) is 104 Å². The van der Waals surface area contributed by atoms with Gasteiger partial charge in [-0.25, -0.2) is 24.1 Å². The summed E-state index contributed by atoms with van der Waals surface area (Å²) in [6, 6.07) is 10.9. The van der Waals surface area contributed by atoms with E-state index < -0.39 is 11.8 Å². The maximum atomic E-state index is 13.1. The Balaban J connectivity index is 1.44. The summed E-state index contributed by atoms with van der Waals surface area (Å²) in [5, 5.41) is 11.4. The molecule has 8 nitrogen and oxygen atoms in total. The van der Waals surface area contributed by atoms with Crippen molar-refractivity contribution in [3.05, 3.63) is 66.4 Å². The average Bonchev–Trinajstić information content (AvgIpc) is 2.66. The van der Waals surface area contributed by atoms with Crippen LogP contribution in [0.1, 0.15) is 5.56 Å². The minimum absolute atomic E-state index is 0.355. The number of aryl methyl sites for hydroxylation is 1. The standard InChI is InChI=1S/C19H20FN7O/c1-13-5-6-21-17(9-13)27-18-11-16(24-12-25-18)22-7-8-23-19(28)26-15-4-2-3-14(20)10-15/h2-6,9-12H,7-8H2,1H3,(H2,23,26,28)(H2,21,22,24,25,27). The third-order valence-corrected chi connectivity index (χ3v) is 3.64. The number of carbonyl (C=O) groups is 1. The predicted octanol–water partition coefficient (Wildman–Crippen LogP) is 3.30. The number of urea groups is 1. The number of amides is 2. The number of carbonyl (C=O) groups excluding carboxylic acids is 1. The molecule has 0 aliphatic carbocycles. The molecule has 0 aliphatic rings. The molecule has 0 spiro atoms. The zero-order chi connectivity index (χ0) is 19.8. The Bertz CT molecular complexity index is 951. The minimum Gasteiger partial charge on any atom is -0.368 e. The zero-order valence-corrected chi connectivity index (χ0v) is 15.2. The van der Waals surface area contributed by atoms with E-state index in [2.05, 4.69) is 36.2 Å². The van der Waals surface area contributed by atoms with Gasteiger partial charge < -0.3 is 21.3 Å². The van der Waals surface area contributed by atoms with Crippen molar-refractivity contribution in [2.75, 3.05) is 29.0 Å². The van der Waals surface area contributed by atoms with E-state index in [0.717, 1.165) is 5.56 Å². The molecule has 0 fully saturated rings. The molecule has 144 valence electrons. The molecule has 3 aromatic rings. The van der Waals surface area contributed by atoms with Gasteiger partial charge in [0.1, 0.15) is 29.6 Å². The summed E-state index contributed by atoms with van der Waals surface area (Å²) in [6.07, 6.45) is 3.16. The molecule has 28 heavy (non-hydrogen) atoms. The Morgan fingerprint density at radius 1 is 1.00 bits per heavy atom. The number of anilines is 4. The van der Waals surface area contributed by atoms with Gasteiger partial charge in [-0.05, 0) is 42.8 Å². The second-order valence-electron chi connectivity index (χ2n) is 5.95. The Labute approximate surface area is 161 Å². The van der Waals surface area contributed by atoms with E-state index in [1.165, 1.54) is 24.5 Å². The first-order valence-corrected chi connectivity index (χ1v) is 8.64. The number of nitrogens with zero attached hydrogens (tertiary/aromatic N) is 3. The van der Waals surface area contributed by atoms with Crippen molar-refractivity contribution in [1.29, 1.82) is 0 Å². The molecule has 0 bridgehead atoms. The lowest BCUT2D eigenvalue weighted by Crippen LogP contribution is -2.32. The van der Waals surface area contributed by atoms with E-state index in [1.807, 2.05) is 19.1 Å². The molecular weight excluding hydrogens is 361 g/mol. The van der Waals surface area contributed by atoms with Crippen molar-refractivity contribution in [3.63, 3.8) is 0 Å². The van der Waals surface area contributed by atoms with Crippen molar-refractivity contribution in [1.82, 2.24) is 20.3 Å². The third-order valence-electron chi connectivity index (χ3n) is 3.64. The number of hydrogen-bond donors (Lipinski definition) is 4. The summed E-state index contributed by atoms with van der Waals surface area (Å²) >= 11 is 0. The number of nitrogens with one attached hydrogen (secondary N) is 4. The highest BCUT2D eigenvalue weighted by Crippen LogP contribution is 2.15. The fourth-order valence-corrected chi connectivity index (χ4v) is 2.37. The highest BCUT2D eigenvalue weighted by Gasteiger charge is 2.03. The first-order chi connectivity index (χ1) is 13.6. The van der Waals surface area contributed by atoms with Gasteiger partial charge in [0.2, 0.25) is 0 Å². The van der Waals surface area contributed by atoms with Crippen LogP contribution in [0.2, 0.25) is 0 Å². The van der Waals surface area contributed by atoms with E-state index in [0.29, 0.717) is 36.2 Å². The van der Waals surface area contributed by atoms with Gasteiger partial charge in [-0.1, -0.05) is 6.07 Å². The Kier molecular flexibility index (Phi) is 6.29. The van der Waals surface area contributed by atoms with Crippen LogP contribution in [0.5, 0.6) is 0 Å². The molecule has 2 amide bonds. The second-order valence-corrected chi connectivity index (χ2v) is 5.95. The summed E-state index contributed by atoms with van der Waals surface area (Å²) in [4.78, 5) is 24.3. The lowest BCUT2D eigenvalue weighted by Gasteiger charge is -2.10. The van der Waals surface area contributed by atoms with Gasteiger partial charge in [-0.2, -0.15) is 0 Å². The van der Waals surface area contributed by atoms with Crippen LogP contribution >= 0.6 is 0 Å². The van der Waals surface area contributed by atoms with E-state index in [1.54, 1.807) is 18.3 Å². The first kappa shape index (κ1) is 19.0. The number of hydrogen-bond acceptors (Lipinski definition) is 6. The van der Waals surface area contributed by atoms with Crippen LogP contribution in [0.3, 0.4) is 0 Å². The fraction of sp³-hybridized carbons (Fsp3) is 0.158. The predicted molar refractivity (Wildman–Crippen MR) is 106 cm³/mol. The van der Waals surface area contributed by atoms with Gasteiger partial charge in [0.15, 0.2) is 0 Å². The summed E-state index contributed by atoms with van der Waals surface area (Å²) < 4.78 is 13.1. The van der Waals surface area contributed by atoms with Gasteiger partial charge in [0, 0.05) is 31.0 Å². The molecule has 0 saturated carbocycles. The van der Waals surface area contributed by atoms with Gasteiger partial charge in [0.25, 0.3) is 0 Å². The number of halogens is 1. The minimum atomic E-state index is -0.414. The molecule has 1 aromatic carbocycles. The van der Waals surface area contributed by atoms with Gasteiger partial charge >= 0.3 is 6.03 Å². The Morgan fingerprint density at radius 3 is 2.64 bits per heavy atom. The van der Waals surface area contributed by atoms with Gasteiger partial charge in [0.05, 0.1) is 0 Å². The molecule has 0 saturated heterocycles. The number of benzene rings is 1. The Hall–Kier alpha value is -3.75. The maximum Gasteiger partial charge on any atom is 0.319 e. The van der Waals surface area contributed by atoms with Crippen LogP contribution in [0, 0.1) is 12.7 Å². The normalized spacial score (nSPS) is 10.2. The Morgan fingerprint density at radius 2 is 1.82 bits per heavy atom. The zero-order valence-electron chi connectivity index (χ0n) is 15.2. The summed E-state index contributed by atoms with van der Waals surface area (Å²) in [5.74, 6) is 1.50. The molecule has 2 heterocycles. The fourth-order valence-electron chi connectivity index (χ4n) is 2.37. The molecule has 0 atom stereocenters. The third kappa shape index (κ3) is 5.90. The molecule has 0 radical (unpaired) electrons. The number of rotatable bonds is 7. The summed E-state index contributed by atoms with van der Waals surface area (Å²) in [7, 11) is 0. The lowest BCUT2D eigenvalue weighted by atomic mass is 10.3. The monoisotopic (exact) mass is 381 g/mol. The number of aromatic nitrogens is 3. The van der Waals surface area contributed by atoms with Crippen LogP contribution in [0.4, 0.5) is 32.3 Å². The van der Waals surface area contributed by atoms with E-state index in [4.69, 9.17) is 0 Å². The van der Waals surface area contributed by atoms with Gasteiger partial charge in [-0.15, -0.1) is 0 Å². The highest BCUT2D eigenvalue weighted by molar-refractivity contribution is 5.89. The van der Waals surface area contributed by atoms with Crippen molar-refractivity contribution in [2.24, 2.45) is 0 Å². The van der Waals surface area contributed by atoms with Crippen molar-refractivity contribution < 1.29 is 9.18 Å². The smallest absolute Gasteiger partial charge is 0.319 e. The second kappa shape index (κ2) is 9.26. The van der Waals surface area contributed by atoms with Crippen molar-refractivity contribution in [3.8, 4) is 0 Å². The van der Waals surface area contributed by atoms with Crippen LogP contribution in [-0.4, -0.2) is 34.1 Å². The van der Waals surface area contributed by atoms with Gasteiger partial charge in [-0.3, -0.25) is 0 Å². The number of pyridine rings is 1. The lowest BCUT2D eigenvalue weighted by molar-refractivity contribution is 0.252. The van der Waals surface area contributed by atoms with Crippen LogP contribution < -0.4 is 21.3 Å². The maximum absolute atomic E-state index is 13.1.